The van der Waals surface area contributed by atoms with Crippen molar-refractivity contribution in [2.45, 2.75) is 12.6 Å². The molecular formula is C15H15N3O3. The molecule has 3 rings (SSSR count). The largest absolute Gasteiger partial charge is 0.451 e. The summed E-state index contributed by atoms with van der Waals surface area (Å²) < 4.78 is 4.81. The van der Waals surface area contributed by atoms with Crippen LogP contribution >= 0.6 is 0 Å². The van der Waals surface area contributed by atoms with Crippen LogP contribution in [0.15, 0.2) is 47.4 Å². The summed E-state index contributed by atoms with van der Waals surface area (Å²) in [4.78, 5) is 29.7. The number of hydrogen-bond donors (Lipinski definition) is 1. The first-order chi connectivity index (χ1) is 10.2. The second kappa shape index (κ2) is 5.49. The maximum Gasteiger partial charge on any atom is 0.224 e. The van der Waals surface area contributed by atoms with Crippen molar-refractivity contribution in [3.05, 3.63) is 54.2 Å². The van der Waals surface area contributed by atoms with Crippen LogP contribution in [0.5, 0.6) is 0 Å². The van der Waals surface area contributed by atoms with Gasteiger partial charge in [-0.05, 0) is 5.56 Å². The van der Waals surface area contributed by atoms with Crippen molar-refractivity contribution in [2.24, 2.45) is 11.7 Å². The summed E-state index contributed by atoms with van der Waals surface area (Å²) in [5, 5.41) is 0. The van der Waals surface area contributed by atoms with Gasteiger partial charge in [-0.1, -0.05) is 30.3 Å². The Bertz CT molecular complexity index is 639. The minimum absolute atomic E-state index is 0.117. The summed E-state index contributed by atoms with van der Waals surface area (Å²) in [6.07, 6.45) is 2.13. The fourth-order valence-corrected chi connectivity index (χ4v) is 2.55. The van der Waals surface area contributed by atoms with E-state index >= 15 is 0 Å². The molecule has 108 valence electrons. The molecule has 1 fully saturated rings. The van der Waals surface area contributed by atoms with Crippen LogP contribution in [-0.4, -0.2) is 28.1 Å². The summed E-state index contributed by atoms with van der Waals surface area (Å²) in [5.41, 5.74) is 7.23. The average molecular weight is 285 g/mol. The lowest BCUT2D eigenvalue weighted by Gasteiger charge is -2.24. The Labute approximate surface area is 121 Å². The van der Waals surface area contributed by atoms with Crippen LogP contribution in [0.3, 0.4) is 0 Å². The van der Waals surface area contributed by atoms with Crippen molar-refractivity contribution in [3.8, 4) is 0 Å². The van der Waals surface area contributed by atoms with E-state index in [1.807, 2.05) is 30.3 Å². The van der Waals surface area contributed by atoms with Crippen LogP contribution in [0.25, 0.3) is 0 Å². The molecule has 0 bridgehead atoms. The third kappa shape index (κ3) is 2.57. The lowest BCUT2D eigenvalue weighted by atomic mass is 10.0. The molecule has 0 saturated carbocycles. The number of ketones is 1. The Hall–Kier alpha value is -2.47. The minimum atomic E-state index is -0.534. The number of benzene rings is 1. The zero-order chi connectivity index (χ0) is 14.8. The van der Waals surface area contributed by atoms with Gasteiger partial charge in [0.1, 0.15) is 18.1 Å². The lowest BCUT2D eigenvalue weighted by molar-refractivity contribution is -0.129. The Morgan fingerprint density at radius 1 is 1.38 bits per heavy atom. The summed E-state index contributed by atoms with van der Waals surface area (Å²) in [7, 11) is 0. The predicted molar refractivity (Wildman–Crippen MR) is 74.0 cm³/mol. The normalized spacial score (nSPS) is 19.8. The Morgan fingerprint density at radius 2 is 2.14 bits per heavy atom. The highest BCUT2D eigenvalue weighted by Crippen LogP contribution is 2.27. The molecule has 2 heterocycles. The van der Waals surface area contributed by atoms with Gasteiger partial charge in [0.25, 0.3) is 0 Å². The summed E-state index contributed by atoms with van der Waals surface area (Å²) >= 11 is 0. The van der Waals surface area contributed by atoms with Gasteiger partial charge in [-0.25, -0.2) is 4.98 Å². The maximum absolute atomic E-state index is 12.2. The van der Waals surface area contributed by atoms with E-state index in [2.05, 4.69) is 4.98 Å². The first kappa shape index (κ1) is 13.5. The third-order valence-electron chi connectivity index (χ3n) is 3.69. The fourth-order valence-electron chi connectivity index (χ4n) is 2.55. The Morgan fingerprint density at radius 3 is 2.81 bits per heavy atom. The lowest BCUT2D eigenvalue weighted by Crippen LogP contribution is -2.36. The summed E-state index contributed by atoms with van der Waals surface area (Å²) in [6, 6.07) is 9.36. The van der Waals surface area contributed by atoms with Gasteiger partial charge in [-0.15, -0.1) is 0 Å². The van der Waals surface area contributed by atoms with E-state index in [0.717, 1.165) is 5.56 Å². The molecule has 1 amide bonds. The number of likely N-dealkylation sites (tertiary alicyclic amines) is 1. The highest BCUT2D eigenvalue weighted by atomic mass is 16.3. The molecule has 2 atom stereocenters. The number of Topliss-reactive ketones (excluding diaryl/α,β-unsaturated/α-hetero) is 1. The van der Waals surface area contributed by atoms with Crippen LogP contribution in [0.1, 0.15) is 28.6 Å². The molecule has 2 N–H and O–H groups in total. The molecule has 6 heteroatoms. The smallest absolute Gasteiger partial charge is 0.224 e. The van der Waals surface area contributed by atoms with E-state index in [-0.39, 0.29) is 23.8 Å². The van der Waals surface area contributed by atoms with Gasteiger partial charge < -0.3 is 15.1 Å². The first-order valence-electron chi connectivity index (χ1n) is 6.69. The van der Waals surface area contributed by atoms with Crippen molar-refractivity contribution in [1.29, 1.82) is 0 Å². The number of carbonyl (C=O) groups excluding carboxylic acids is 2. The van der Waals surface area contributed by atoms with Crippen LogP contribution in [0.4, 0.5) is 0 Å². The van der Waals surface area contributed by atoms with Crippen LogP contribution in [0.2, 0.25) is 0 Å². The van der Waals surface area contributed by atoms with E-state index in [0.29, 0.717) is 6.54 Å². The van der Waals surface area contributed by atoms with Crippen LogP contribution in [-0.2, 0) is 4.79 Å². The fraction of sp³-hybridized carbons (Fsp3) is 0.267. The molecular weight excluding hydrogens is 270 g/mol. The topological polar surface area (TPSA) is 89.4 Å². The van der Waals surface area contributed by atoms with E-state index in [4.69, 9.17) is 10.2 Å². The highest BCUT2D eigenvalue weighted by molar-refractivity contribution is 5.99. The quantitative estimate of drug-likeness (QED) is 0.857. The second-order valence-electron chi connectivity index (χ2n) is 5.04. The number of oxazole rings is 1. The van der Waals surface area contributed by atoms with Crippen LogP contribution < -0.4 is 5.73 Å². The zero-order valence-electron chi connectivity index (χ0n) is 11.3. The molecule has 1 saturated heterocycles. The highest BCUT2D eigenvalue weighted by Gasteiger charge is 2.38. The van der Waals surface area contributed by atoms with Gasteiger partial charge >= 0.3 is 0 Å². The average Bonchev–Trinajstić information content (AvgIpc) is 3.16. The number of hydrogen-bond acceptors (Lipinski definition) is 5. The third-order valence-corrected chi connectivity index (χ3v) is 3.69. The number of amides is 1. The zero-order valence-corrected chi connectivity index (χ0v) is 11.3. The van der Waals surface area contributed by atoms with Crippen molar-refractivity contribution in [1.82, 2.24) is 9.88 Å². The minimum Gasteiger partial charge on any atom is -0.451 e. The SMILES string of the molecule is N[C@@H](c1ccccc1)N1CC(C(=O)c2cocn2)CC1=O. The Balaban J connectivity index is 1.75. The Kier molecular flexibility index (Phi) is 3.53. The van der Waals surface area contributed by atoms with Gasteiger partial charge in [0.2, 0.25) is 5.91 Å². The van der Waals surface area contributed by atoms with E-state index in [1.54, 1.807) is 0 Å². The molecule has 21 heavy (non-hydrogen) atoms. The van der Waals surface area contributed by atoms with Gasteiger partial charge in [0.15, 0.2) is 12.2 Å². The standard InChI is InChI=1S/C15H15N3O3/c16-15(10-4-2-1-3-5-10)18-7-11(6-13(18)19)14(20)12-8-21-9-17-12/h1-5,8-9,11,15H,6-7,16H2/t11?,15-/m1/s1. The molecule has 1 aromatic heterocycles. The summed E-state index contributed by atoms with van der Waals surface area (Å²) in [6.45, 7) is 0.306. The van der Waals surface area contributed by atoms with Gasteiger partial charge in [-0.2, -0.15) is 0 Å². The molecule has 1 aliphatic heterocycles. The molecule has 1 aliphatic rings. The van der Waals surface area contributed by atoms with Gasteiger partial charge in [0, 0.05) is 13.0 Å². The molecule has 1 unspecified atom stereocenters. The second-order valence-corrected chi connectivity index (χ2v) is 5.04. The number of carbonyl (C=O) groups is 2. The van der Waals surface area contributed by atoms with E-state index in [9.17, 15) is 9.59 Å². The molecule has 0 aliphatic carbocycles. The number of rotatable bonds is 4. The first-order valence-corrected chi connectivity index (χ1v) is 6.69. The van der Waals surface area contributed by atoms with Crippen molar-refractivity contribution < 1.29 is 14.0 Å². The monoisotopic (exact) mass is 285 g/mol. The van der Waals surface area contributed by atoms with Crippen LogP contribution in [0, 0.1) is 5.92 Å². The number of nitrogens with zero attached hydrogens (tertiary/aromatic N) is 2. The summed E-state index contributed by atoms with van der Waals surface area (Å²) in [5.74, 6) is -0.717. The van der Waals surface area contributed by atoms with Crippen molar-refractivity contribution in [2.75, 3.05) is 6.54 Å². The van der Waals surface area contributed by atoms with Crippen molar-refractivity contribution >= 4 is 11.7 Å². The molecule has 0 radical (unpaired) electrons. The predicted octanol–water partition coefficient (Wildman–Crippen LogP) is 1.36. The van der Waals surface area contributed by atoms with Crippen molar-refractivity contribution in [3.63, 3.8) is 0 Å². The number of nitrogens with two attached hydrogens (primary N) is 1. The van der Waals surface area contributed by atoms with E-state index in [1.165, 1.54) is 17.6 Å². The molecule has 1 aromatic carbocycles. The van der Waals surface area contributed by atoms with Gasteiger partial charge in [0.05, 0.1) is 5.92 Å². The molecule has 6 nitrogen and oxygen atoms in total. The van der Waals surface area contributed by atoms with E-state index < -0.39 is 12.1 Å². The number of aromatic nitrogens is 1. The maximum atomic E-state index is 12.2. The van der Waals surface area contributed by atoms with Gasteiger partial charge in [-0.3, -0.25) is 9.59 Å². The molecule has 2 aromatic rings. The molecule has 0 spiro atoms.